The van der Waals surface area contributed by atoms with Gasteiger partial charge in [0, 0.05) is 13.1 Å². The van der Waals surface area contributed by atoms with Crippen LogP contribution in [0.2, 0.25) is 0 Å². The molecule has 5 heteroatoms. The number of carbonyl (C=O) groups excluding carboxylic acids is 1. The Morgan fingerprint density at radius 2 is 1.94 bits per heavy atom. The monoisotopic (exact) mass is 256 g/mol. The first-order valence-electron chi connectivity index (χ1n) is 6.77. The lowest BCUT2D eigenvalue weighted by molar-refractivity contribution is -0.141. The Labute approximate surface area is 108 Å². The van der Waals surface area contributed by atoms with Gasteiger partial charge in [-0.25, -0.2) is 4.79 Å². The van der Waals surface area contributed by atoms with Crippen molar-refractivity contribution in [2.75, 3.05) is 13.1 Å². The van der Waals surface area contributed by atoms with Crippen LogP contribution in [-0.4, -0.2) is 30.2 Å². The van der Waals surface area contributed by atoms with E-state index >= 15 is 0 Å². The maximum absolute atomic E-state index is 11.5. The summed E-state index contributed by atoms with van der Waals surface area (Å²) in [4.78, 5) is 22.3. The second kappa shape index (κ2) is 6.61. The first-order chi connectivity index (χ1) is 8.53. The van der Waals surface area contributed by atoms with Crippen LogP contribution in [-0.2, 0) is 4.79 Å². The van der Waals surface area contributed by atoms with Gasteiger partial charge >= 0.3 is 12.0 Å². The van der Waals surface area contributed by atoms with Crippen LogP contribution in [0.1, 0.15) is 46.0 Å². The first-order valence-corrected chi connectivity index (χ1v) is 6.77. The van der Waals surface area contributed by atoms with Crippen molar-refractivity contribution in [1.29, 1.82) is 0 Å². The molecular weight excluding hydrogens is 232 g/mol. The van der Waals surface area contributed by atoms with Crippen LogP contribution < -0.4 is 10.6 Å². The van der Waals surface area contributed by atoms with Crippen LogP contribution in [0.25, 0.3) is 0 Å². The lowest BCUT2D eigenvalue weighted by atomic mass is 10.0. The second-order valence-electron chi connectivity index (χ2n) is 5.26. The van der Waals surface area contributed by atoms with Gasteiger partial charge in [0.1, 0.15) is 0 Å². The van der Waals surface area contributed by atoms with Crippen LogP contribution >= 0.6 is 0 Å². The van der Waals surface area contributed by atoms with Crippen LogP contribution in [0.5, 0.6) is 0 Å². The van der Waals surface area contributed by atoms with Crippen molar-refractivity contribution < 1.29 is 14.7 Å². The third-order valence-corrected chi connectivity index (χ3v) is 3.71. The number of aliphatic carboxylic acids is 1. The largest absolute Gasteiger partial charge is 0.481 e. The molecule has 0 aromatic heterocycles. The zero-order valence-electron chi connectivity index (χ0n) is 11.3. The van der Waals surface area contributed by atoms with E-state index in [9.17, 15) is 9.59 Å². The predicted molar refractivity (Wildman–Crippen MR) is 69.4 cm³/mol. The van der Waals surface area contributed by atoms with E-state index in [0.29, 0.717) is 18.4 Å². The number of amides is 2. The zero-order valence-corrected chi connectivity index (χ0v) is 11.3. The maximum atomic E-state index is 11.5. The predicted octanol–water partition coefficient (Wildman–Crippen LogP) is 1.98. The minimum absolute atomic E-state index is 0.193. The SMILES string of the molecule is CCCC1(CNC(=O)NCC(CC)C(=O)O)CC1. The van der Waals surface area contributed by atoms with E-state index in [-0.39, 0.29) is 12.6 Å². The lowest BCUT2D eigenvalue weighted by Crippen LogP contribution is -2.41. The summed E-state index contributed by atoms with van der Waals surface area (Å²) in [5.74, 6) is -1.36. The highest BCUT2D eigenvalue weighted by atomic mass is 16.4. The normalized spacial score (nSPS) is 17.9. The number of hydrogen-bond acceptors (Lipinski definition) is 2. The molecule has 104 valence electrons. The summed E-state index contributed by atoms with van der Waals surface area (Å²) in [5, 5.41) is 14.3. The molecule has 0 aromatic rings. The lowest BCUT2D eigenvalue weighted by Gasteiger charge is -2.16. The molecule has 0 radical (unpaired) electrons. The molecule has 1 aliphatic carbocycles. The van der Waals surface area contributed by atoms with Gasteiger partial charge in [0.2, 0.25) is 0 Å². The van der Waals surface area contributed by atoms with Crippen LogP contribution in [0.4, 0.5) is 4.79 Å². The molecule has 1 atom stereocenters. The molecule has 0 heterocycles. The highest BCUT2D eigenvalue weighted by molar-refractivity contribution is 5.75. The van der Waals surface area contributed by atoms with E-state index < -0.39 is 11.9 Å². The highest BCUT2D eigenvalue weighted by Crippen LogP contribution is 2.48. The zero-order chi connectivity index (χ0) is 13.6. The van der Waals surface area contributed by atoms with Gasteiger partial charge in [-0.1, -0.05) is 20.3 Å². The van der Waals surface area contributed by atoms with Gasteiger partial charge in [0.15, 0.2) is 0 Å². The summed E-state index contributed by atoms with van der Waals surface area (Å²) in [6.07, 6.45) is 5.19. The molecule has 1 aliphatic rings. The number of carbonyl (C=O) groups is 2. The second-order valence-corrected chi connectivity index (χ2v) is 5.26. The fraction of sp³-hybridized carbons (Fsp3) is 0.846. The molecule has 0 spiro atoms. The summed E-state index contributed by atoms with van der Waals surface area (Å²) >= 11 is 0. The van der Waals surface area contributed by atoms with Gasteiger partial charge in [-0.05, 0) is 31.1 Å². The highest BCUT2D eigenvalue weighted by Gasteiger charge is 2.41. The van der Waals surface area contributed by atoms with E-state index in [0.717, 1.165) is 12.8 Å². The van der Waals surface area contributed by atoms with E-state index in [1.165, 1.54) is 12.8 Å². The number of nitrogens with one attached hydrogen (secondary N) is 2. The topological polar surface area (TPSA) is 78.4 Å². The summed E-state index contributed by atoms with van der Waals surface area (Å²) in [6.45, 7) is 4.85. The Morgan fingerprint density at radius 3 is 2.39 bits per heavy atom. The molecule has 1 fully saturated rings. The number of carboxylic acids is 1. The van der Waals surface area contributed by atoms with Gasteiger partial charge in [-0.3, -0.25) is 4.79 Å². The molecule has 1 unspecified atom stereocenters. The molecule has 5 nitrogen and oxygen atoms in total. The minimum Gasteiger partial charge on any atom is -0.481 e. The molecular formula is C13H24N2O3. The number of urea groups is 1. The van der Waals surface area contributed by atoms with Crippen LogP contribution in [0.3, 0.4) is 0 Å². The third-order valence-electron chi connectivity index (χ3n) is 3.71. The summed E-state index contributed by atoms with van der Waals surface area (Å²) in [5.41, 5.74) is 0.322. The molecule has 1 saturated carbocycles. The smallest absolute Gasteiger partial charge is 0.314 e. The third kappa shape index (κ3) is 4.55. The van der Waals surface area contributed by atoms with E-state index in [2.05, 4.69) is 17.6 Å². The van der Waals surface area contributed by atoms with Crippen molar-refractivity contribution in [2.45, 2.75) is 46.0 Å². The molecule has 3 N–H and O–H groups in total. The van der Waals surface area contributed by atoms with Crippen molar-refractivity contribution in [3.05, 3.63) is 0 Å². The Balaban J connectivity index is 2.20. The Hall–Kier alpha value is -1.26. The Bertz CT molecular complexity index is 301. The summed E-state index contributed by atoms with van der Waals surface area (Å²) < 4.78 is 0. The van der Waals surface area contributed by atoms with Crippen molar-refractivity contribution in [1.82, 2.24) is 10.6 Å². The van der Waals surface area contributed by atoms with Gasteiger partial charge in [0.25, 0.3) is 0 Å². The Morgan fingerprint density at radius 1 is 1.28 bits per heavy atom. The van der Waals surface area contributed by atoms with Gasteiger partial charge in [0.05, 0.1) is 5.92 Å². The first kappa shape index (κ1) is 14.8. The van der Waals surface area contributed by atoms with E-state index in [1.807, 2.05) is 0 Å². The minimum atomic E-state index is -0.859. The van der Waals surface area contributed by atoms with Crippen LogP contribution in [0, 0.1) is 11.3 Å². The molecule has 0 saturated heterocycles. The quantitative estimate of drug-likeness (QED) is 0.621. The molecule has 0 aromatic carbocycles. The average Bonchev–Trinajstić information content (AvgIpc) is 3.08. The van der Waals surface area contributed by atoms with E-state index in [4.69, 9.17) is 5.11 Å². The number of rotatable bonds is 8. The number of hydrogen-bond donors (Lipinski definition) is 3. The van der Waals surface area contributed by atoms with Crippen molar-refractivity contribution in [3.63, 3.8) is 0 Å². The van der Waals surface area contributed by atoms with Crippen molar-refractivity contribution in [3.8, 4) is 0 Å². The van der Waals surface area contributed by atoms with Gasteiger partial charge < -0.3 is 15.7 Å². The molecule has 18 heavy (non-hydrogen) atoms. The summed E-state index contributed by atoms with van der Waals surface area (Å²) in [6, 6.07) is -0.253. The molecule has 2 amide bonds. The molecule has 0 bridgehead atoms. The fourth-order valence-corrected chi connectivity index (χ4v) is 2.17. The van der Waals surface area contributed by atoms with Crippen molar-refractivity contribution in [2.24, 2.45) is 11.3 Å². The van der Waals surface area contributed by atoms with Gasteiger partial charge in [-0.15, -0.1) is 0 Å². The van der Waals surface area contributed by atoms with E-state index in [1.54, 1.807) is 6.92 Å². The Kier molecular flexibility index (Phi) is 5.44. The number of carboxylic acid groups (broad SMARTS) is 1. The standard InChI is InChI=1S/C13H24N2O3/c1-3-5-13(6-7-13)9-15-12(18)14-8-10(4-2)11(16)17/h10H,3-9H2,1-2H3,(H,16,17)(H2,14,15,18). The van der Waals surface area contributed by atoms with Crippen molar-refractivity contribution >= 4 is 12.0 Å². The summed E-state index contributed by atoms with van der Waals surface area (Å²) in [7, 11) is 0. The molecule has 1 rings (SSSR count). The molecule has 0 aliphatic heterocycles. The average molecular weight is 256 g/mol. The van der Waals surface area contributed by atoms with Crippen LogP contribution in [0.15, 0.2) is 0 Å². The fourth-order valence-electron chi connectivity index (χ4n) is 2.17. The van der Waals surface area contributed by atoms with Gasteiger partial charge in [-0.2, -0.15) is 0 Å². The maximum Gasteiger partial charge on any atom is 0.314 e.